The Labute approximate surface area is 95.4 Å². The van der Waals surface area contributed by atoms with Crippen LogP contribution in [0.5, 0.6) is 0 Å². The van der Waals surface area contributed by atoms with E-state index >= 15 is 0 Å². The predicted octanol–water partition coefficient (Wildman–Crippen LogP) is 0.214. The molecule has 16 heavy (non-hydrogen) atoms. The van der Waals surface area contributed by atoms with E-state index in [0.29, 0.717) is 25.4 Å². The van der Waals surface area contributed by atoms with Gasteiger partial charge in [0, 0.05) is 13.1 Å². The van der Waals surface area contributed by atoms with Crippen LogP contribution >= 0.6 is 0 Å². The number of aromatic nitrogens is 2. The van der Waals surface area contributed by atoms with E-state index in [1.807, 2.05) is 18.5 Å². The molecule has 92 valence electrons. The van der Waals surface area contributed by atoms with E-state index in [4.69, 9.17) is 15.6 Å². The zero-order chi connectivity index (χ0) is 12.0. The highest BCUT2D eigenvalue weighted by Gasteiger charge is 2.10. The standard InChI is InChI=1S/C10H20N4O2/c1-3-14-10(9(11)8(2)13-14)12-4-6-16-7-5-15/h12,15H,3-7,11H2,1-2H3. The van der Waals surface area contributed by atoms with Gasteiger partial charge in [-0.25, -0.2) is 4.68 Å². The van der Waals surface area contributed by atoms with Gasteiger partial charge in [-0.1, -0.05) is 0 Å². The second-order valence-corrected chi connectivity index (χ2v) is 3.43. The first-order chi connectivity index (χ1) is 7.70. The lowest BCUT2D eigenvalue weighted by atomic mass is 10.4. The number of aryl methyl sites for hydroxylation is 2. The van der Waals surface area contributed by atoms with E-state index in [2.05, 4.69) is 10.4 Å². The van der Waals surface area contributed by atoms with Crippen LogP contribution < -0.4 is 11.1 Å². The Balaban J connectivity index is 2.46. The number of hydrogen-bond donors (Lipinski definition) is 3. The summed E-state index contributed by atoms with van der Waals surface area (Å²) in [6.07, 6.45) is 0. The molecule has 0 atom stereocenters. The van der Waals surface area contributed by atoms with E-state index < -0.39 is 0 Å². The Morgan fingerprint density at radius 3 is 2.88 bits per heavy atom. The van der Waals surface area contributed by atoms with Gasteiger partial charge in [-0.05, 0) is 13.8 Å². The molecule has 0 aliphatic heterocycles. The van der Waals surface area contributed by atoms with Crippen molar-refractivity contribution in [2.24, 2.45) is 0 Å². The van der Waals surface area contributed by atoms with Gasteiger partial charge in [0.25, 0.3) is 0 Å². The molecule has 0 saturated heterocycles. The van der Waals surface area contributed by atoms with Crippen molar-refractivity contribution in [2.45, 2.75) is 20.4 Å². The first-order valence-corrected chi connectivity index (χ1v) is 5.46. The average Bonchev–Trinajstić information content (AvgIpc) is 2.56. The summed E-state index contributed by atoms with van der Waals surface area (Å²) in [5.74, 6) is 0.840. The van der Waals surface area contributed by atoms with E-state index in [-0.39, 0.29) is 6.61 Å². The molecule has 0 aliphatic rings. The molecule has 0 amide bonds. The number of hydrogen-bond acceptors (Lipinski definition) is 5. The lowest BCUT2D eigenvalue weighted by Crippen LogP contribution is -2.15. The number of aliphatic hydroxyl groups is 1. The fourth-order valence-corrected chi connectivity index (χ4v) is 1.42. The normalized spacial score (nSPS) is 10.7. The average molecular weight is 228 g/mol. The van der Waals surface area contributed by atoms with Crippen LogP contribution in [0.15, 0.2) is 0 Å². The molecular weight excluding hydrogens is 208 g/mol. The maximum Gasteiger partial charge on any atom is 0.148 e. The zero-order valence-electron chi connectivity index (χ0n) is 9.86. The highest BCUT2D eigenvalue weighted by molar-refractivity contribution is 5.64. The Kier molecular flexibility index (Phi) is 5.07. The summed E-state index contributed by atoms with van der Waals surface area (Å²) < 4.78 is 6.97. The minimum Gasteiger partial charge on any atom is -0.394 e. The lowest BCUT2D eigenvalue weighted by Gasteiger charge is -2.09. The van der Waals surface area contributed by atoms with Crippen molar-refractivity contribution < 1.29 is 9.84 Å². The van der Waals surface area contributed by atoms with Crippen LogP contribution in [0.4, 0.5) is 11.5 Å². The van der Waals surface area contributed by atoms with Crippen LogP contribution in [0.3, 0.4) is 0 Å². The molecule has 1 heterocycles. The first kappa shape index (κ1) is 12.8. The van der Waals surface area contributed by atoms with Crippen LogP contribution in [-0.4, -0.2) is 41.3 Å². The second kappa shape index (κ2) is 6.34. The molecule has 1 aromatic heterocycles. The summed E-state index contributed by atoms with van der Waals surface area (Å²) in [7, 11) is 0. The van der Waals surface area contributed by atoms with Crippen molar-refractivity contribution in [1.29, 1.82) is 0 Å². The van der Waals surface area contributed by atoms with Gasteiger partial charge >= 0.3 is 0 Å². The fraction of sp³-hybridized carbons (Fsp3) is 0.700. The van der Waals surface area contributed by atoms with Crippen LogP contribution in [0, 0.1) is 6.92 Å². The summed E-state index contributed by atoms with van der Waals surface area (Å²) in [5, 5.41) is 16.0. The van der Waals surface area contributed by atoms with Crippen molar-refractivity contribution in [1.82, 2.24) is 9.78 Å². The van der Waals surface area contributed by atoms with Crippen molar-refractivity contribution in [3.05, 3.63) is 5.69 Å². The summed E-state index contributed by atoms with van der Waals surface area (Å²) in [6, 6.07) is 0. The van der Waals surface area contributed by atoms with Crippen LogP contribution in [0.2, 0.25) is 0 Å². The number of nitrogens with zero attached hydrogens (tertiary/aromatic N) is 2. The van der Waals surface area contributed by atoms with Gasteiger partial charge in [0.15, 0.2) is 0 Å². The van der Waals surface area contributed by atoms with Gasteiger partial charge in [-0.15, -0.1) is 0 Å². The molecule has 0 aliphatic carbocycles. The van der Waals surface area contributed by atoms with E-state index in [1.54, 1.807) is 0 Å². The quantitative estimate of drug-likeness (QED) is 0.581. The third-order valence-electron chi connectivity index (χ3n) is 2.25. The third kappa shape index (κ3) is 3.11. The Morgan fingerprint density at radius 2 is 2.25 bits per heavy atom. The first-order valence-electron chi connectivity index (χ1n) is 5.46. The number of nitrogens with one attached hydrogen (secondary N) is 1. The molecule has 0 saturated carbocycles. The fourth-order valence-electron chi connectivity index (χ4n) is 1.42. The van der Waals surface area contributed by atoms with E-state index in [1.165, 1.54) is 0 Å². The number of aliphatic hydroxyl groups excluding tert-OH is 1. The molecule has 0 radical (unpaired) electrons. The smallest absolute Gasteiger partial charge is 0.148 e. The molecule has 4 N–H and O–H groups in total. The molecule has 1 rings (SSSR count). The van der Waals surface area contributed by atoms with Crippen molar-refractivity contribution in [2.75, 3.05) is 37.4 Å². The summed E-state index contributed by atoms with van der Waals surface area (Å²) in [6.45, 7) is 6.27. The molecule has 6 heteroatoms. The number of anilines is 2. The summed E-state index contributed by atoms with van der Waals surface area (Å²) in [4.78, 5) is 0. The second-order valence-electron chi connectivity index (χ2n) is 3.43. The Morgan fingerprint density at radius 1 is 1.50 bits per heavy atom. The largest absolute Gasteiger partial charge is 0.394 e. The molecule has 0 unspecified atom stereocenters. The van der Waals surface area contributed by atoms with Crippen LogP contribution in [0.1, 0.15) is 12.6 Å². The number of nitrogen functional groups attached to an aromatic ring is 1. The SMILES string of the molecule is CCn1nc(C)c(N)c1NCCOCCO. The van der Waals surface area contributed by atoms with Crippen molar-refractivity contribution in [3.63, 3.8) is 0 Å². The lowest BCUT2D eigenvalue weighted by molar-refractivity contribution is 0.0991. The maximum absolute atomic E-state index is 8.53. The Hall–Kier alpha value is -1.27. The highest BCUT2D eigenvalue weighted by Crippen LogP contribution is 2.21. The van der Waals surface area contributed by atoms with E-state index in [0.717, 1.165) is 18.1 Å². The molecule has 0 fully saturated rings. The zero-order valence-corrected chi connectivity index (χ0v) is 9.86. The predicted molar refractivity (Wildman–Crippen MR) is 63.4 cm³/mol. The number of nitrogens with two attached hydrogens (primary N) is 1. The molecule has 0 bridgehead atoms. The van der Waals surface area contributed by atoms with Gasteiger partial charge in [0.1, 0.15) is 5.82 Å². The molecular formula is C10H20N4O2. The monoisotopic (exact) mass is 228 g/mol. The van der Waals surface area contributed by atoms with Gasteiger partial charge in [-0.3, -0.25) is 0 Å². The van der Waals surface area contributed by atoms with Crippen molar-refractivity contribution in [3.8, 4) is 0 Å². The topological polar surface area (TPSA) is 85.3 Å². The summed E-state index contributed by atoms with van der Waals surface area (Å²) in [5.41, 5.74) is 7.41. The van der Waals surface area contributed by atoms with Crippen molar-refractivity contribution >= 4 is 11.5 Å². The van der Waals surface area contributed by atoms with Gasteiger partial charge in [0.05, 0.1) is 31.2 Å². The van der Waals surface area contributed by atoms with Gasteiger partial charge < -0.3 is 20.9 Å². The molecule has 1 aromatic rings. The minimum absolute atomic E-state index is 0.0497. The van der Waals surface area contributed by atoms with E-state index in [9.17, 15) is 0 Å². The molecule has 6 nitrogen and oxygen atoms in total. The van der Waals surface area contributed by atoms with Crippen LogP contribution in [-0.2, 0) is 11.3 Å². The number of rotatable bonds is 7. The maximum atomic E-state index is 8.53. The highest BCUT2D eigenvalue weighted by atomic mass is 16.5. The number of ether oxygens (including phenoxy) is 1. The van der Waals surface area contributed by atoms with Crippen LogP contribution in [0.25, 0.3) is 0 Å². The van der Waals surface area contributed by atoms with Gasteiger partial charge in [-0.2, -0.15) is 5.10 Å². The molecule has 0 aromatic carbocycles. The summed E-state index contributed by atoms with van der Waals surface area (Å²) >= 11 is 0. The van der Waals surface area contributed by atoms with Gasteiger partial charge in [0.2, 0.25) is 0 Å². The Bertz CT molecular complexity index is 325. The minimum atomic E-state index is 0.0497. The third-order valence-corrected chi connectivity index (χ3v) is 2.25. The molecule has 0 spiro atoms.